The fourth-order valence-electron chi connectivity index (χ4n) is 5.38. The molecule has 0 aliphatic heterocycles. The highest BCUT2D eigenvalue weighted by molar-refractivity contribution is 6.01. The summed E-state index contributed by atoms with van der Waals surface area (Å²) in [6, 6.07) is 9.10. The van der Waals surface area contributed by atoms with Crippen molar-refractivity contribution >= 4 is 17.5 Å². The van der Waals surface area contributed by atoms with Gasteiger partial charge in [-0.25, -0.2) is 0 Å². The Bertz CT molecular complexity index is 1200. The van der Waals surface area contributed by atoms with Crippen molar-refractivity contribution in [3.8, 4) is 11.1 Å². The van der Waals surface area contributed by atoms with Crippen molar-refractivity contribution in [3.05, 3.63) is 53.6 Å². The molecule has 2 atom stereocenters. The standard InChI is InChI=1S/C28H36N6O2/c1-5-16(2)34-23(14-15-29-34)27(35)31-26(25(20-6-7-20)21-8-9-21)28(36)30-22-12-10-19(11-13-22)24-17(3)32-33-18(24)4/h10-16,20-21,25-26H,5-9H2,1-4H3,(H,30,36)(H,31,35)(H,32,33)/t16?,26-/m0/s1. The van der Waals surface area contributed by atoms with Gasteiger partial charge in [-0.1, -0.05) is 19.1 Å². The van der Waals surface area contributed by atoms with E-state index in [1.165, 1.54) is 0 Å². The molecule has 2 aromatic heterocycles. The van der Waals surface area contributed by atoms with Crippen molar-refractivity contribution in [1.29, 1.82) is 0 Å². The number of benzene rings is 1. The van der Waals surface area contributed by atoms with E-state index in [0.717, 1.165) is 60.3 Å². The highest BCUT2D eigenvalue weighted by Gasteiger charge is 2.48. The summed E-state index contributed by atoms with van der Waals surface area (Å²) < 4.78 is 1.76. The molecule has 2 amide bonds. The molecule has 3 aromatic rings. The second kappa shape index (κ2) is 9.91. The second-order valence-electron chi connectivity index (χ2n) is 10.5. The zero-order chi connectivity index (χ0) is 25.4. The smallest absolute Gasteiger partial charge is 0.270 e. The van der Waals surface area contributed by atoms with E-state index in [0.29, 0.717) is 17.5 Å². The van der Waals surface area contributed by atoms with E-state index in [1.807, 2.05) is 45.0 Å². The number of rotatable bonds is 10. The number of amides is 2. The first kappa shape index (κ1) is 24.3. The molecule has 0 spiro atoms. The van der Waals surface area contributed by atoms with Crippen LogP contribution in [0.4, 0.5) is 5.69 Å². The maximum Gasteiger partial charge on any atom is 0.270 e. The first-order chi connectivity index (χ1) is 17.4. The van der Waals surface area contributed by atoms with Gasteiger partial charge in [0.1, 0.15) is 11.7 Å². The van der Waals surface area contributed by atoms with Gasteiger partial charge in [0.25, 0.3) is 5.91 Å². The van der Waals surface area contributed by atoms with Gasteiger partial charge in [0.2, 0.25) is 5.91 Å². The van der Waals surface area contributed by atoms with Crippen LogP contribution >= 0.6 is 0 Å². The molecule has 1 aromatic carbocycles. The van der Waals surface area contributed by atoms with Gasteiger partial charge in [0, 0.05) is 29.2 Å². The summed E-state index contributed by atoms with van der Waals surface area (Å²) in [7, 11) is 0. The minimum absolute atomic E-state index is 0.108. The van der Waals surface area contributed by atoms with Crippen LogP contribution in [-0.2, 0) is 4.79 Å². The molecule has 2 saturated carbocycles. The lowest BCUT2D eigenvalue weighted by molar-refractivity contribution is -0.119. The number of aryl methyl sites for hydroxylation is 2. The lowest BCUT2D eigenvalue weighted by Crippen LogP contribution is -2.50. The Labute approximate surface area is 212 Å². The SMILES string of the molecule is CCC(C)n1nccc1C(=O)N[C@H](C(=O)Nc1ccc(-c2c(C)n[nH]c2C)cc1)C(C1CC1)C1CC1. The fraction of sp³-hybridized carbons (Fsp3) is 0.500. The second-order valence-corrected chi connectivity index (χ2v) is 10.5. The largest absolute Gasteiger partial charge is 0.339 e. The van der Waals surface area contributed by atoms with Crippen LogP contribution in [0.15, 0.2) is 36.5 Å². The van der Waals surface area contributed by atoms with Crippen LogP contribution in [-0.4, -0.2) is 37.8 Å². The Morgan fingerprint density at radius 3 is 2.31 bits per heavy atom. The predicted molar refractivity (Wildman–Crippen MR) is 140 cm³/mol. The van der Waals surface area contributed by atoms with Gasteiger partial charge in [-0.2, -0.15) is 10.2 Å². The molecule has 8 nitrogen and oxygen atoms in total. The van der Waals surface area contributed by atoms with Crippen molar-refractivity contribution in [2.24, 2.45) is 17.8 Å². The molecular weight excluding hydrogens is 452 g/mol. The highest BCUT2D eigenvalue weighted by Crippen LogP contribution is 2.51. The molecule has 2 aliphatic carbocycles. The molecule has 36 heavy (non-hydrogen) atoms. The van der Waals surface area contributed by atoms with Crippen molar-refractivity contribution in [3.63, 3.8) is 0 Å². The van der Waals surface area contributed by atoms with Crippen molar-refractivity contribution in [2.75, 3.05) is 5.32 Å². The van der Waals surface area contributed by atoms with Crippen LogP contribution in [0.3, 0.4) is 0 Å². The van der Waals surface area contributed by atoms with Gasteiger partial charge in [0.05, 0.1) is 5.69 Å². The fourth-order valence-corrected chi connectivity index (χ4v) is 5.38. The normalized spacial score (nSPS) is 17.1. The van der Waals surface area contributed by atoms with E-state index in [9.17, 15) is 9.59 Å². The number of aromatic amines is 1. The summed E-state index contributed by atoms with van der Waals surface area (Å²) in [5, 5.41) is 17.9. The zero-order valence-electron chi connectivity index (χ0n) is 21.5. The van der Waals surface area contributed by atoms with E-state index in [4.69, 9.17) is 0 Å². The van der Waals surface area contributed by atoms with Crippen LogP contribution in [0.2, 0.25) is 0 Å². The molecule has 190 valence electrons. The Kier molecular flexibility index (Phi) is 6.69. The van der Waals surface area contributed by atoms with Gasteiger partial charge in [-0.15, -0.1) is 0 Å². The maximum atomic E-state index is 13.7. The third-order valence-electron chi connectivity index (χ3n) is 7.77. The van der Waals surface area contributed by atoms with Gasteiger partial charge < -0.3 is 10.6 Å². The first-order valence-electron chi connectivity index (χ1n) is 13.1. The quantitative estimate of drug-likeness (QED) is 0.372. The van der Waals surface area contributed by atoms with E-state index >= 15 is 0 Å². The van der Waals surface area contributed by atoms with E-state index in [-0.39, 0.29) is 23.8 Å². The third kappa shape index (κ3) is 4.94. The Hall–Kier alpha value is -3.42. The number of hydrogen-bond donors (Lipinski definition) is 3. The van der Waals surface area contributed by atoms with Crippen LogP contribution in [0, 0.1) is 31.6 Å². The van der Waals surface area contributed by atoms with E-state index in [1.54, 1.807) is 16.9 Å². The number of H-pyrrole nitrogens is 1. The molecule has 2 fully saturated rings. The summed E-state index contributed by atoms with van der Waals surface area (Å²) in [4.78, 5) is 27.0. The van der Waals surface area contributed by atoms with E-state index in [2.05, 4.69) is 32.9 Å². The van der Waals surface area contributed by atoms with Gasteiger partial charge >= 0.3 is 0 Å². The van der Waals surface area contributed by atoms with Crippen LogP contribution < -0.4 is 10.6 Å². The Morgan fingerprint density at radius 1 is 1.08 bits per heavy atom. The number of carbonyl (C=O) groups is 2. The molecule has 2 aliphatic rings. The lowest BCUT2D eigenvalue weighted by atomic mass is 9.88. The van der Waals surface area contributed by atoms with Gasteiger partial charge in [-0.3, -0.25) is 19.4 Å². The van der Waals surface area contributed by atoms with Gasteiger partial charge in [-0.05, 0) is 94.4 Å². The number of hydrogen-bond acceptors (Lipinski definition) is 4. The minimum Gasteiger partial charge on any atom is -0.339 e. The third-order valence-corrected chi connectivity index (χ3v) is 7.77. The van der Waals surface area contributed by atoms with Crippen molar-refractivity contribution in [2.45, 2.75) is 71.9 Å². The average Bonchev–Trinajstić information content (AvgIpc) is 3.81. The Balaban J connectivity index is 1.36. The minimum atomic E-state index is -0.573. The molecule has 1 unspecified atom stereocenters. The van der Waals surface area contributed by atoms with Crippen LogP contribution in [0.5, 0.6) is 0 Å². The summed E-state index contributed by atoms with van der Waals surface area (Å²) >= 11 is 0. The first-order valence-corrected chi connectivity index (χ1v) is 13.1. The molecule has 8 heteroatoms. The topological polar surface area (TPSA) is 105 Å². The molecule has 0 bridgehead atoms. The summed E-state index contributed by atoms with van der Waals surface area (Å²) in [5.74, 6) is 0.792. The zero-order valence-corrected chi connectivity index (χ0v) is 21.5. The van der Waals surface area contributed by atoms with E-state index < -0.39 is 6.04 Å². The maximum absolute atomic E-state index is 13.7. The lowest BCUT2D eigenvalue weighted by Gasteiger charge is -2.28. The number of aromatic nitrogens is 4. The molecule has 0 saturated heterocycles. The monoisotopic (exact) mass is 488 g/mol. The molecular formula is C28H36N6O2. The van der Waals surface area contributed by atoms with Crippen molar-refractivity contribution in [1.82, 2.24) is 25.3 Å². The Morgan fingerprint density at radius 2 is 1.75 bits per heavy atom. The number of nitrogens with zero attached hydrogens (tertiary/aromatic N) is 3. The number of nitrogens with one attached hydrogen (secondary N) is 3. The summed E-state index contributed by atoms with van der Waals surface area (Å²) in [6.45, 7) is 8.09. The van der Waals surface area contributed by atoms with Crippen LogP contribution in [0.1, 0.15) is 73.9 Å². The van der Waals surface area contributed by atoms with Gasteiger partial charge in [0.15, 0.2) is 0 Å². The number of anilines is 1. The molecule has 0 radical (unpaired) electrons. The summed E-state index contributed by atoms with van der Waals surface area (Å²) in [6.07, 6.45) is 7.04. The highest BCUT2D eigenvalue weighted by atomic mass is 16.2. The number of carbonyl (C=O) groups excluding carboxylic acids is 2. The summed E-state index contributed by atoms with van der Waals surface area (Å²) in [5.41, 5.74) is 5.31. The van der Waals surface area contributed by atoms with Crippen molar-refractivity contribution < 1.29 is 9.59 Å². The average molecular weight is 489 g/mol. The molecule has 2 heterocycles. The molecule has 5 rings (SSSR count). The molecule has 3 N–H and O–H groups in total. The van der Waals surface area contributed by atoms with Crippen LogP contribution in [0.25, 0.3) is 11.1 Å². The predicted octanol–water partition coefficient (Wildman–Crippen LogP) is 5.03.